The first kappa shape index (κ1) is 22.4. The van der Waals surface area contributed by atoms with E-state index in [9.17, 15) is 5.11 Å². The minimum absolute atomic E-state index is 0.238. The summed E-state index contributed by atoms with van der Waals surface area (Å²) in [7, 11) is 0. The van der Waals surface area contributed by atoms with E-state index in [-0.39, 0.29) is 24.9 Å². The van der Waals surface area contributed by atoms with Crippen LogP contribution in [0.3, 0.4) is 0 Å². The summed E-state index contributed by atoms with van der Waals surface area (Å²) in [6.45, 7) is 0.556. The number of aliphatic hydroxyl groups excluding tert-OH is 1. The molecule has 5 heterocycles. The molecule has 0 aliphatic carbocycles. The SMILES string of the molecule is O[C@@H]1COC2[C@H](Oc3nc4nc(-c5ccc(-c6ccc(-c7ncco7)cc6)cc5)c(Cl)cc4[nH]3)CO[C@@H]21. The Labute approximate surface area is 216 Å². The van der Waals surface area contributed by atoms with Crippen molar-refractivity contribution >= 4 is 22.8 Å². The van der Waals surface area contributed by atoms with Crippen LogP contribution in [0.25, 0.3) is 45.0 Å². The third-order valence-corrected chi connectivity index (χ3v) is 6.99. The number of fused-ring (bicyclic) bond motifs is 2. The standard InChI is InChI=1S/C27H21ClN4O5/c28-18-11-19-25(32-27(30-19)37-21-13-36-23-20(33)12-35-24(21)23)31-22(18)16-5-1-14(2-6-16)15-3-7-17(8-4-15)26-29-9-10-34-26/h1-11,20-21,23-24,33H,12-13H2,(H,30,31,32)/t20-,21-,23-,24?/m1/s1. The zero-order valence-electron chi connectivity index (χ0n) is 19.4. The number of oxazole rings is 1. The Bertz CT molecular complexity index is 1550. The van der Waals surface area contributed by atoms with Crippen molar-refractivity contribution in [3.05, 3.63) is 72.1 Å². The molecule has 0 amide bonds. The number of aromatic amines is 1. The van der Waals surface area contributed by atoms with Crippen molar-refractivity contribution in [3.63, 3.8) is 0 Å². The number of halogens is 1. The Morgan fingerprint density at radius 1 is 0.892 bits per heavy atom. The van der Waals surface area contributed by atoms with Crippen LogP contribution in [0.1, 0.15) is 0 Å². The molecule has 2 aliphatic rings. The number of nitrogens with one attached hydrogen (secondary N) is 1. The summed E-state index contributed by atoms with van der Waals surface area (Å²) in [6.07, 6.45) is 1.49. The molecule has 7 rings (SSSR count). The number of H-pyrrole nitrogens is 1. The maximum absolute atomic E-state index is 9.94. The number of aliphatic hydroxyl groups is 1. The molecule has 37 heavy (non-hydrogen) atoms. The molecule has 2 aromatic carbocycles. The van der Waals surface area contributed by atoms with E-state index in [1.165, 1.54) is 0 Å². The van der Waals surface area contributed by atoms with Crippen molar-refractivity contribution in [2.75, 3.05) is 13.2 Å². The monoisotopic (exact) mass is 516 g/mol. The van der Waals surface area contributed by atoms with Crippen molar-refractivity contribution in [1.29, 1.82) is 0 Å². The molecule has 1 unspecified atom stereocenters. The van der Waals surface area contributed by atoms with Gasteiger partial charge in [0.1, 0.15) is 24.6 Å². The lowest BCUT2D eigenvalue weighted by atomic mass is 10.0. The van der Waals surface area contributed by atoms with Gasteiger partial charge in [-0.1, -0.05) is 48.0 Å². The van der Waals surface area contributed by atoms with Crippen molar-refractivity contribution in [2.45, 2.75) is 24.4 Å². The maximum Gasteiger partial charge on any atom is 0.296 e. The summed E-state index contributed by atoms with van der Waals surface area (Å²) in [4.78, 5) is 16.5. The molecule has 2 aliphatic heterocycles. The zero-order chi connectivity index (χ0) is 24.9. The van der Waals surface area contributed by atoms with Gasteiger partial charge in [0.2, 0.25) is 5.89 Å². The van der Waals surface area contributed by atoms with Crippen LogP contribution in [-0.4, -0.2) is 62.7 Å². The fourth-order valence-electron chi connectivity index (χ4n) is 4.83. The zero-order valence-corrected chi connectivity index (χ0v) is 20.1. The van der Waals surface area contributed by atoms with E-state index in [4.69, 9.17) is 30.2 Å². The van der Waals surface area contributed by atoms with Gasteiger partial charge in [0.15, 0.2) is 11.8 Å². The van der Waals surface area contributed by atoms with Gasteiger partial charge < -0.3 is 28.7 Å². The predicted molar refractivity (Wildman–Crippen MR) is 135 cm³/mol. The molecule has 4 atom stereocenters. The van der Waals surface area contributed by atoms with Gasteiger partial charge in [-0.2, -0.15) is 4.98 Å². The highest BCUT2D eigenvalue weighted by Gasteiger charge is 2.48. The van der Waals surface area contributed by atoms with E-state index in [1.54, 1.807) is 18.5 Å². The maximum atomic E-state index is 9.94. The first-order valence-electron chi connectivity index (χ1n) is 11.9. The molecule has 2 N–H and O–H groups in total. The molecule has 0 saturated carbocycles. The Kier molecular flexibility index (Phi) is 5.44. The molecule has 5 aromatic rings. The van der Waals surface area contributed by atoms with Crippen LogP contribution in [0.2, 0.25) is 5.02 Å². The number of aromatic nitrogens is 4. The molecular formula is C27H21ClN4O5. The quantitative estimate of drug-likeness (QED) is 0.350. The lowest BCUT2D eigenvalue weighted by molar-refractivity contribution is 0.00706. The van der Waals surface area contributed by atoms with Crippen LogP contribution in [0.15, 0.2) is 71.5 Å². The summed E-state index contributed by atoms with van der Waals surface area (Å²) in [5.41, 5.74) is 5.71. The fourth-order valence-corrected chi connectivity index (χ4v) is 5.09. The summed E-state index contributed by atoms with van der Waals surface area (Å²) >= 11 is 6.60. The van der Waals surface area contributed by atoms with Crippen molar-refractivity contribution in [2.24, 2.45) is 0 Å². The molecule has 2 saturated heterocycles. The highest BCUT2D eigenvalue weighted by Crippen LogP contribution is 2.33. The van der Waals surface area contributed by atoms with Crippen LogP contribution in [0, 0.1) is 0 Å². The summed E-state index contributed by atoms with van der Waals surface area (Å²) in [6, 6.07) is 18.2. The van der Waals surface area contributed by atoms with Gasteiger partial charge >= 0.3 is 0 Å². The molecule has 0 radical (unpaired) electrons. The number of nitrogens with zero attached hydrogens (tertiary/aromatic N) is 3. The van der Waals surface area contributed by atoms with Gasteiger partial charge in [0.05, 0.1) is 35.6 Å². The van der Waals surface area contributed by atoms with Crippen molar-refractivity contribution < 1.29 is 23.7 Å². The van der Waals surface area contributed by atoms with Crippen LogP contribution >= 0.6 is 11.6 Å². The highest BCUT2D eigenvalue weighted by atomic mass is 35.5. The number of ether oxygens (including phenoxy) is 3. The summed E-state index contributed by atoms with van der Waals surface area (Å²) < 4.78 is 22.6. The second-order valence-corrected chi connectivity index (χ2v) is 9.45. The Morgan fingerprint density at radius 3 is 2.32 bits per heavy atom. The van der Waals surface area contributed by atoms with Crippen LogP contribution in [0.4, 0.5) is 0 Å². The lowest BCUT2D eigenvalue weighted by Crippen LogP contribution is -2.34. The summed E-state index contributed by atoms with van der Waals surface area (Å²) in [5.74, 6) is 0.594. The topological polar surface area (TPSA) is 116 Å². The van der Waals surface area contributed by atoms with Crippen molar-refractivity contribution in [3.8, 4) is 39.8 Å². The van der Waals surface area contributed by atoms with Crippen LogP contribution in [0.5, 0.6) is 6.01 Å². The van der Waals surface area contributed by atoms with Gasteiger partial charge in [-0.05, 0) is 29.3 Å². The first-order valence-corrected chi connectivity index (χ1v) is 12.2. The van der Waals surface area contributed by atoms with Gasteiger partial charge in [-0.3, -0.25) is 0 Å². The minimum atomic E-state index is -0.637. The smallest absolute Gasteiger partial charge is 0.296 e. The molecule has 2 fully saturated rings. The van der Waals surface area contributed by atoms with E-state index in [0.29, 0.717) is 40.4 Å². The molecule has 0 bridgehead atoms. The molecule has 10 heteroatoms. The number of pyridine rings is 1. The van der Waals surface area contributed by atoms with Gasteiger partial charge in [-0.15, -0.1) is 0 Å². The van der Waals surface area contributed by atoms with Gasteiger partial charge in [-0.25, -0.2) is 9.97 Å². The molecule has 3 aromatic heterocycles. The number of rotatable bonds is 5. The average molecular weight is 517 g/mol. The largest absolute Gasteiger partial charge is 0.456 e. The van der Waals surface area contributed by atoms with E-state index in [1.807, 2.05) is 48.5 Å². The molecule has 0 spiro atoms. The molecule has 186 valence electrons. The second-order valence-electron chi connectivity index (χ2n) is 9.04. The minimum Gasteiger partial charge on any atom is -0.456 e. The van der Waals surface area contributed by atoms with Gasteiger partial charge in [0.25, 0.3) is 6.01 Å². The Hall–Kier alpha value is -3.76. The summed E-state index contributed by atoms with van der Waals surface area (Å²) in [5, 5.41) is 10.4. The third kappa shape index (κ3) is 4.06. The number of hydrogen-bond donors (Lipinski definition) is 2. The number of hydrogen-bond acceptors (Lipinski definition) is 8. The van der Waals surface area contributed by atoms with Gasteiger partial charge in [0, 0.05) is 11.1 Å². The average Bonchev–Trinajstić information content (AvgIpc) is 3.71. The van der Waals surface area contributed by atoms with E-state index >= 15 is 0 Å². The second kappa shape index (κ2) is 8.97. The van der Waals surface area contributed by atoms with E-state index in [2.05, 4.69) is 19.9 Å². The van der Waals surface area contributed by atoms with Crippen LogP contribution in [-0.2, 0) is 9.47 Å². The fraction of sp³-hybridized carbons (Fsp3) is 0.222. The number of imidazole rings is 1. The third-order valence-electron chi connectivity index (χ3n) is 6.71. The molecular weight excluding hydrogens is 496 g/mol. The highest BCUT2D eigenvalue weighted by molar-refractivity contribution is 6.33. The normalized spacial score (nSPS) is 23.0. The Balaban J connectivity index is 1.11. The first-order chi connectivity index (χ1) is 18.1. The number of benzene rings is 2. The molecule has 9 nitrogen and oxygen atoms in total. The van der Waals surface area contributed by atoms with Crippen molar-refractivity contribution in [1.82, 2.24) is 19.9 Å². The van der Waals surface area contributed by atoms with E-state index in [0.717, 1.165) is 22.3 Å². The van der Waals surface area contributed by atoms with E-state index < -0.39 is 6.10 Å². The van der Waals surface area contributed by atoms with Crippen LogP contribution < -0.4 is 4.74 Å². The predicted octanol–water partition coefficient (Wildman–Crippen LogP) is 4.51. The Morgan fingerprint density at radius 2 is 1.59 bits per heavy atom. The lowest BCUT2D eigenvalue weighted by Gasteiger charge is -2.15.